The van der Waals surface area contributed by atoms with E-state index in [2.05, 4.69) is 28.2 Å². The van der Waals surface area contributed by atoms with Gasteiger partial charge in [0.15, 0.2) is 0 Å². The summed E-state index contributed by atoms with van der Waals surface area (Å²) in [6.45, 7) is 2.56. The van der Waals surface area contributed by atoms with Crippen LogP contribution in [0.3, 0.4) is 0 Å². The second-order valence-electron chi connectivity index (χ2n) is 4.31. The van der Waals surface area contributed by atoms with Crippen LogP contribution in [0.1, 0.15) is 12.5 Å². The monoisotopic (exact) mass is 345 g/mol. The Bertz CT molecular complexity index is 469. The summed E-state index contributed by atoms with van der Waals surface area (Å²) in [6, 6.07) is 5.56. The van der Waals surface area contributed by atoms with Crippen molar-refractivity contribution in [2.24, 2.45) is 0 Å². The number of hydrogen-bond acceptors (Lipinski definition) is 4. The lowest BCUT2D eigenvalue weighted by Crippen LogP contribution is -2.38. The second kappa shape index (κ2) is 6.63. The molecular weight excluding hydrogens is 330 g/mol. The molecule has 0 amide bonds. The SMILES string of the molecule is CCc1ccc(OCC2NC(C(=O)O)CS2)c(Br)c1. The molecule has 2 atom stereocenters. The van der Waals surface area contributed by atoms with Gasteiger partial charge in [-0.1, -0.05) is 13.0 Å². The van der Waals surface area contributed by atoms with Crippen molar-refractivity contribution in [3.8, 4) is 5.75 Å². The second-order valence-corrected chi connectivity index (χ2v) is 6.40. The molecule has 4 nitrogen and oxygen atoms in total. The predicted molar refractivity (Wildman–Crippen MR) is 79.8 cm³/mol. The molecule has 0 spiro atoms. The summed E-state index contributed by atoms with van der Waals surface area (Å²) in [5, 5.41) is 11.9. The molecule has 1 aromatic rings. The van der Waals surface area contributed by atoms with Crippen molar-refractivity contribution in [2.45, 2.75) is 24.8 Å². The summed E-state index contributed by atoms with van der Waals surface area (Å²) in [5.41, 5.74) is 1.25. The lowest BCUT2D eigenvalue weighted by atomic mass is 10.2. The average molecular weight is 346 g/mol. The number of rotatable bonds is 5. The molecule has 2 rings (SSSR count). The number of carboxylic acids is 1. The molecule has 1 fully saturated rings. The highest BCUT2D eigenvalue weighted by atomic mass is 79.9. The fourth-order valence-corrected chi connectivity index (χ4v) is 3.45. The molecular formula is C13H16BrNO3S. The van der Waals surface area contributed by atoms with Crippen LogP contribution >= 0.6 is 27.7 Å². The van der Waals surface area contributed by atoms with E-state index in [1.54, 1.807) is 11.8 Å². The van der Waals surface area contributed by atoms with Gasteiger partial charge in [-0.25, -0.2) is 0 Å². The van der Waals surface area contributed by atoms with E-state index in [0.717, 1.165) is 16.6 Å². The highest BCUT2D eigenvalue weighted by Gasteiger charge is 2.29. The lowest BCUT2D eigenvalue weighted by molar-refractivity contribution is -0.138. The largest absolute Gasteiger partial charge is 0.490 e. The molecule has 104 valence electrons. The van der Waals surface area contributed by atoms with E-state index in [9.17, 15) is 4.79 Å². The van der Waals surface area contributed by atoms with Crippen LogP contribution in [0, 0.1) is 0 Å². The molecule has 0 aliphatic carbocycles. The van der Waals surface area contributed by atoms with Gasteiger partial charge in [0.1, 0.15) is 18.4 Å². The third-order valence-electron chi connectivity index (χ3n) is 2.94. The summed E-state index contributed by atoms with van der Waals surface area (Å²) in [5.74, 6) is 0.570. The average Bonchev–Trinajstić information content (AvgIpc) is 2.86. The standard InChI is InChI=1S/C13H16BrNO3S/c1-2-8-3-4-11(9(14)5-8)18-6-12-15-10(7-19-12)13(16)17/h3-5,10,12,15H,2,6-7H2,1H3,(H,16,17). The van der Waals surface area contributed by atoms with E-state index < -0.39 is 12.0 Å². The zero-order valence-electron chi connectivity index (χ0n) is 10.6. The van der Waals surface area contributed by atoms with Gasteiger partial charge in [-0.3, -0.25) is 10.1 Å². The third-order valence-corrected chi connectivity index (χ3v) is 4.76. The van der Waals surface area contributed by atoms with E-state index in [1.807, 2.05) is 18.2 Å². The van der Waals surface area contributed by atoms with Crippen molar-refractivity contribution in [3.05, 3.63) is 28.2 Å². The van der Waals surface area contributed by atoms with Crippen LogP contribution in [-0.4, -0.2) is 34.9 Å². The Morgan fingerprint density at radius 1 is 1.63 bits per heavy atom. The number of halogens is 1. The van der Waals surface area contributed by atoms with Gasteiger partial charge in [0, 0.05) is 5.75 Å². The van der Waals surface area contributed by atoms with E-state index in [-0.39, 0.29) is 5.37 Å². The first-order valence-electron chi connectivity index (χ1n) is 6.12. The maximum absolute atomic E-state index is 10.8. The fraction of sp³-hybridized carbons (Fsp3) is 0.462. The molecule has 1 saturated heterocycles. The zero-order valence-corrected chi connectivity index (χ0v) is 13.0. The van der Waals surface area contributed by atoms with Crippen LogP contribution < -0.4 is 10.1 Å². The van der Waals surface area contributed by atoms with Crippen molar-refractivity contribution < 1.29 is 14.6 Å². The molecule has 0 radical (unpaired) electrons. The van der Waals surface area contributed by atoms with Crippen molar-refractivity contribution in [2.75, 3.05) is 12.4 Å². The molecule has 6 heteroatoms. The normalized spacial score (nSPS) is 22.4. The molecule has 19 heavy (non-hydrogen) atoms. The Labute approximate surface area is 125 Å². The van der Waals surface area contributed by atoms with Crippen LogP contribution in [0.4, 0.5) is 0 Å². The molecule has 1 aliphatic rings. The lowest BCUT2D eigenvalue weighted by Gasteiger charge is -2.14. The van der Waals surface area contributed by atoms with Crippen molar-refractivity contribution in [3.63, 3.8) is 0 Å². The molecule has 1 aliphatic heterocycles. The molecule has 2 N–H and O–H groups in total. The van der Waals surface area contributed by atoms with Gasteiger partial charge in [-0.05, 0) is 40.0 Å². The number of aliphatic carboxylic acids is 1. The van der Waals surface area contributed by atoms with Gasteiger partial charge in [0.2, 0.25) is 0 Å². The first kappa shape index (κ1) is 14.7. The summed E-state index contributed by atoms with van der Waals surface area (Å²) in [7, 11) is 0. The smallest absolute Gasteiger partial charge is 0.321 e. The number of benzene rings is 1. The highest BCUT2D eigenvalue weighted by molar-refractivity contribution is 9.10. The number of carboxylic acid groups (broad SMARTS) is 1. The Hall–Kier alpha value is -0.720. The molecule has 0 bridgehead atoms. The first-order chi connectivity index (χ1) is 9.10. The molecule has 0 aromatic heterocycles. The van der Waals surface area contributed by atoms with E-state index in [4.69, 9.17) is 9.84 Å². The fourth-order valence-electron chi connectivity index (χ4n) is 1.82. The predicted octanol–water partition coefficient (Wildman–Crippen LogP) is 2.51. The quantitative estimate of drug-likeness (QED) is 0.858. The van der Waals surface area contributed by atoms with Crippen molar-refractivity contribution in [1.82, 2.24) is 5.32 Å². The van der Waals surface area contributed by atoms with Crippen LogP contribution in [0.5, 0.6) is 5.75 Å². The van der Waals surface area contributed by atoms with Crippen LogP contribution in [0.25, 0.3) is 0 Å². The molecule has 1 heterocycles. The minimum Gasteiger partial charge on any atom is -0.490 e. The summed E-state index contributed by atoms with van der Waals surface area (Å²) in [6.07, 6.45) is 0.985. The Morgan fingerprint density at radius 3 is 3.00 bits per heavy atom. The molecule has 0 saturated carbocycles. The number of thioether (sulfide) groups is 1. The van der Waals surface area contributed by atoms with Gasteiger partial charge in [-0.2, -0.15) is 0 Å². The van der Waals surface area contributed by atoms with Crippen LogP contribution in [-0.2, 0) is 11.2 Å². The summed E-state index contributed by atoms with van der Waals surface area (Å²) in [4.78, 5) is 10.8. The summed E-state index contributed by atoms with van der Waals surface area (Å²) >= 11 is 5.07. The van der Waals surface area contributed by atoms with E-state index >= 15 is 0 Å². The van der Waals surface area contributed by atoms with Gasteiger partial charge in [0.25, 0.3) is 0 Å². The minimum absolute atomic E-state index is 0.0267. The van der Waals surface area contributed by atoms with Crippen LogP contribution in [0.2, 0.25) is 0 Å². The van der Waals surface area contributed by atoms with Gasteiger partial charge in [-0.15, -0.1) is 11.8 Å². The van der Waals surface area contributed by atoms with Crippen molar-refractivity contribution >= 4 is 33.7 Å². The Kier molecular flexibility index (Phi) is 5.13. The van der Waals surface area contributed by atoms with Gasteiger partial charge in [0.05, 0.1) is 9.85 Å². The Balaban J connectivity index is 1.88. The van der Waals surface area contributed by atoms with Crippen molar-refractivity contribution in [1.29, 1.82) is 0 Å². The molecule has 2 unspecified atom stereocenters. The number of hydrogen-bond donors (Lipinski definition) is 2. The van der Waals surface area contributed by atoms with Gasteiger partial charge < -0.3 is 9.84 Å². The topological polar surface area (TPSA) is 58.6 Å². The van der Waals surface area contributed by atoms with Crippen LogP contribution in [0.15, 0.2) is 22.7 Å². The third kappa shape index (κ3) is 3.87. The van der Waals surface area contributed by atoms with Gasteiger partial charge >= 0.3 is 5.97 Å². The van der Waals surface area contributed by atoms with E-state index in [1.165, 1.54) is 5.56 Å². The summed E-state index contributed by atoms with van der Waals surface area (Å²) < 4.78 is 6.66. The maximum atomic E-state index is 10.8. The highest BCUT2D eigenvalue weighted by Crippen LogP contribution is 2.27. The minimum atomic E-state index is -0.802. The first-order valence-corrected chi connectivity index (χ1v) is 7.96. The maximum Gasteiger partial charge on any atom is 0.321 e. The number of ether oxygens (including phenoxy) is 1. The Morgan fingerprint density at radius 2 is 2.42 bits per heavy atom. The zero-order chi connectivity index (χ0) is 13.8. The van der Waals surface area contributed by atoms with E-state index in [0.29, 0.717) is 12.4 Å². The number of carbonyl (C=O) groups is 1. The number of nitrogens with one attached hydrogen (secondary N) is 1. The number of aryl methyl sites for hydroxylation is 1. The molecule has 1 aromatic carbocycles.